The Morgan fingerprint density at radius 2 is 1.60 bits per heavy atom. The molecule has 0 bridgehead atoms. The van der Waals surface area contributed by atoms with Crippen LogP contribution in [-0.4, -0.2) is 57.1 Å². The van der Waals surface area contributed by atoms with Gasteiger partial charge >= 0.3 is 0 Å². The van der Waals surface area contributed by atoms with Gasteiger partial charge < -0.3 is 19.9 Å². The number of carbonyl (C=O) groups excluding carboxylic acids is 2. The Balaban J connectivity index is 1.42. The van der Waals surface area contributed by atoms with E-state index in [-0.39, 0.29) is 0 Å². The third kappa shape index (κ3) is 4.63. The first kappa shape index (κ1) is 22.7. The van der Waals surface area contributed by atoms with Gasteiger partial charge in [0.1, 0.15) is 5.75 Å². The molecule has 1 fully saturated rings. The van der Waals surface area contributed by atoms with Crippen molar-refractivity contribution in [3.63, 3.8) is 0 Å². The molecule has 2 aliphatic heterocycles. The zero-order chi connectivity index (χ0) is 24.4. The van der Waals surface area contributed by atoms with Gasteiger partial charge in [-0.05, 0) is 55.1 Å². The normalized spacial score (nSPS) is 17.2. The van der Waals surface area contributed by atoms with Crippen LogP contribution in [0.15, 0.2) is 72.9 Å². The smallest absolute Gasteiger partial charge is 0.260 e. The number of fused-ring (bicyclic) bond motifs is 1. The largest absolute Gasteiger partial charge is 0.496 e. The zero-order valence-corrected chi connectivity index (χ0v) is 19.9. The van der Waals surface area contributed by atoms with Crippen molar-refractivity contribution in [2.75, 3.05) is 50.6 Å². The van der Waals surface area contributed by atoms with Crippen molar-refractivity contribution in [3.8, 4) is 16.9 Å². The molecule has 0 saturated carbocycles. The number of benzene rings is 3. The highest BCUT2D eigenvalue weighted by Crippen LogP contribution is 2.34. The molecule has 7 nitrogen and oxygen atoms in total. The summed E-state index contributed by atoms with van der Waals surface area (Å²) in [5.74, 6) is -0.102. The van der Waals surface area contributed by atoms with Crippen LogP contribution < -0.4 is 20.3 Å². The highest BCUT2D eigenvalue weighted by molar-refractivity contribution is 6.31. The van der Waals surface area contributed by atoms with Crippen LogP contribution in [0.4, 0.5) is 11.4 Å². The SMILES string of the molecule is COc1ccccc1-c1ccc2c(c1)C(=CNc1ccc(N3CCN(C)CC3)cc1)C(=O)NC2=O. The molecule has 178 valence electrons. The summed E-state index contributed by atoms with van der Waals surface area (Å²) in [6.07, 6.45) is 1.66. The monoisotopic (exact) mass is 468 g/mol. The molecule has 2 N–H and O–H groups in total. The average molecular weight is 469 g/mol. The van der Waals surface area contributed by atoms with E-state index in [2.05, 4.69) is 39.6 Å². The van der Waals surface area contributed by atoms with Crippen LogP contribution in [0.5, 0.6) is 5.75 Å². The van der Waals surface area contributed by atoms with E-state index in [1.807, 2.05) is 48.5 Å². The lowest BCUT2D eigenvalue weighted by Gasteiger charge is -2.34. The summed E-state index contributed by atoms with van der Waals surface area (Å²) in [4.78, 5) is 30.0. The van der Waals surface area contributed by atoms with E-state index < -0.39 is 11.8 Å². The number of imide groups is 1. The molecule has 5 rings (SSSR count). The van der Waals surface area contributed by atoms with Crippen molar-refractivity contribution in [2.45, 2.75) is 0 Å². The van der Waals surface area contributed by atoms with Crippen molar-refractivity contribution in [1.29, 1.82) is 0 Å². The predicted molar refractivity (Wildman–Crippen MR) is 139 cm³/mol. The summed E-state index contributed by atoms with van der Waals surface area (Å²) in [6, 6.07) is 21.3. The number of likely N-dealkylation sites (N-methyl/N-ethyl adjacent to an activating group) is 1. The quantitative estimate of drug-likeness (QED) is 0.438. The van der Waals surface area contributed by atoms with Gasteiger partial charge in [-0.2, -0.15) is 0 Å². The fourth-order valence-electron chi connectivity index (χ4n) is 4.51. The number of nitrogens with zero attached hydrogens (tertiary/aromatic N) is 2. The summed E-state index contributed by atoms with van der Waals surface area (Å²) >= 11 is 0. The lowest BCUT2D eigenvalue weighted by Crippen LogP contribution is -2.44. The lowest BCUT2D eigenvalue weighted by molar-refractivity contribution is -0.114. The number of rotatable bonds is 5. The van der Waals surface area contributed by atoms with Gasteiger partial charge in [-0.1, -0.05) is 24.3 Å². The maximum atomic E-state index is 12.8. The minimum atomic E-state index is -0.429. The maximum Gasteiger partial charge on any atom is 0.260 e. The molecule has 0 radical (unpaired) electrons. The number of methoxy groups -OCH3 is 1. The molecule has 0 aliphatic carbocycles. The predicted octanol–water partition coefficient (Wildman–Crippen LogP) is 3.84. The second-order valence-corrected chi connectivity index (χ2v) is 8.78. The van der Waals surface area contributed by atoms with Gasteiger partial charge in [0.25, 0.3) is 11.8 Å². The molecule has 35 heavy (non-hydrogen) atoms. The van der Waals surface area contributed by atoms with Gasteiger partial charge in [0.15, 0.2) is 0 Å². The van der Waals surface area contributed by atoms with E-state index in [4.69, 9.17) is 4.74 Å². The van der Waals surface area contributed by atoms with Gasteiger partial charge in [0, 0.05) is 60.4 Å². The van der Waals surface area contributed by atoms with Crippen LogP contribution in [0, 0.1) is 0 Å². The van der Waals surface area contributed by atoms with Gasteiger partial charge in [-0.25, -0.2) is 0 Å². The van der Waals surface area contributed by atoms with Crippen LogP contribution in [-0.2, 0) is 4.79 Å². The third-order valence-electron chi connectivity index (χ3n) is 6.56. The number of piperazine rings is 1. The molecule has 1 saturated heterocycles. The Kier molecular flexibility index (Phi) is 6.25. The molecule has 2 aliphatic rings. The van der Waals surface area contributed by atoms with E-state index in [1.165, 1.54) is 5.69 Å². The minimum absolute atomic E-state index is 0.398. The molecule has 7 heteroatoms. The highest BCUT2D eigenvalue weighted by atomic mass is 16.5. The molecular weight excluding hydrogens is 440 g/mol. The van der Waals surface area contributed by atoms with Gasteiger partial charge in [0.2, 0.25) is 0 Å². The maximum absolute atomic E-state index is 12.8. The van der Waals surface area contributed by atoms with E-state index in [0.717, 1.165) is 48.7 Å². The first-order valence-corrected chi connectivity index (χ1v) is 11.7. The molecule has 3 aromatic rings. The summed E-state index contributed by atoms with van der Waals surface area (Å²) in [5, 5.41) is 5.67. The molecule has 0 spiro atoms. The Hall–Kier alpha value is -4.10. The third-order valence-corrected chi connectivity index (χ3v) is 6.56. The summed E-state index contributed by atoms with van der Waals surface area (Å²) in [6.45, 7) is 4.12. The Morgan fingerprint density at radius 1 is 0.857 bits per heavy atom. The van der Waals surface area contributed by atoms with Crippen LogP contribution in [0.25, 0.3) is 16.7 Å². The van der Waals surface area contributed by atoms with Crippen molar-refractivity contribution < 1.29 is 14.3 Å². The molecule has 2 amide bonds. The van der Waals surface area contributed by atoms with Gasteiger partial charge in [0.05, 0.1) is 12.7 Å². The summed E-state index contributed by atoms with van der Waals surface area (Å²) < 4.78 is 5.50. The number of amides is 2. The van der Waals surface area contributed by atoms with Crippen LogP contribution >= 0.6 is 0 Å². The fourth-order valence-corrected chi connectivity index (χ4v) is 4.51. The second-order valence-electron chi connectivity index (χ2n) is 8.78. The number of nitrogens with one attached hydrogen (secondary N) is 2. The average Bonchev–Trinajstić information content (AvgIpc) is 2.89. The number of ether oxygens (including phenoxy) is 1. The number of hydrogen-bond acceptors (Lipinski definition) is 6. The van der Waals surface area contributed by atoms with Crippen LogP contribution in [0.2, 0.25) is 0 Å². The topological polar surface area (TPSA) is 73.9 Å². The van der Waals surface area contributed by atoms with Crippen LogP contribution in [0.3, 0.4) is 0 Å². The Bertz CT molecular complexity index is 1290. The van der Waals surface area contributed by atoms with Gasteiger partial charge in [-0.3, -0.25) is 14.9 Å². The van der Waals surface area contributed by atoms with Crippen molar-refractivity contribution in [3.05, 3.63) is 84.1 Å². The summed E-state index contributed by atoms with van der Waals surface area (Å²) in [5.41, 5.74) is 5.26. The zero-order valence-electron chi connectivity index (χ0n) is 19.9. The van der Waals surface area contributed by atoms with E-state index in [1.54, 1.807) is 19.4 Å². The molecule has 2 heterocycles. The minimum Gasteiger partial charge on any atom is -0.496 e. The number of anilines is 2. The molecule has 0 unspecified atom stereocenters. The number of hydrogen-bond donors (Lipinski definition) is 2. The van der Waals surface area contributed by atoms with Crippen LogP contribution in [0.1, 0.15) is 15.9 Å². The van der Waals surface area contributed by atoms with Crippen molar-refractivity contribution >= 4 is 28.8 Å². The van der Waals surface area contributed by atoms with E-state index >= 15 is 0 Å². The first-order valence-electron chi connectivity index (χ1n) is 11.7. The Labute approximate surface area is 205 Å². The standard InChI is InChI=1S/C28H28N4O3/c1-31-13-15-32(16-14-31)21-10-8-20(9-11-21)29-18-25-24-17-19(22-5-3-4-6-26(22)35-2)7-12-23(24)27(33)30-28(25)34/h3-12,17-18,29H,13-16H2,1-2H3,(H,30,33,34). The van der Waals surface area contributed by atoms with Gasteiger partial charge in [-0.15, -0.1) is 0 Å². The molecule has 0 atom stereocenters. The highest BCUT2D eigenvalue weighted by Gasteiger charge is 2.28. The lowest BCUT2D eigenvalue weighted by atomic mass is 9.91. The first-order chi connectivity index (χ1) is 17.0. The van der Waals surface area contributed by atoms with Crippen molar-refractivity contribution in [1.82, 2.24) is 10.2 Å². The second kappa shape index (κ2) is 9.64. The fraction of sp³-hybridized carbons (Fsp3) is 0.214. The number of para-hydroxylation sites is 1. The number of carbonyl (C=O) groups is 2. The van der Waals surface area contributed by atoms with Crippen molar-refractivity contribution in [2.24, 2.45) is 0 Å². The molecular formula is C28H28N4O3. The summed E-state index contributed by atoms with van der Waals surface area (Å²) in [7, 11) is 3.77. The van der Waals surface area contributed by atoms with E-state index in [9.17, 15) is 9.59 Å². The molecule has 0 aromatic heterocycles. The van der Waals surface area contributed by atoms with E-state index in [0.29, 0.717) is 16.7 Å². The Morgan fingerprint density at radius 3 is 2.34 bits per heavy atom. The molecule has 3 aromatic carbocycles.